The second kappa shape index (κ2) is 7.29. The number of rotatable bonds is 6. The zero-order valence-electron chi connectivity index (χ0n) is 12.4. The Morgan fingerprint density at radius 2 is 2.10 bits per heavy atom. The van der Waals surface area contributed by atoms with Gasteiger partial charge in [-0.1, -0.05) is 19.1 Å². The summed E-state index contributed by atoms with van der Waals surface area (Å²) in [5.74, 6) is 0.126. The van der Waals surface area contributed by atoms with Crippen molar-refractivity contribution in [1.29, 1.82) is 0 Å². The molecule has 2 rings (SSSR count). The Bertz CT molecular complexity index is 448. The van der Waals surface area contributed by atoms with Gasteiger partial charge in [0.15, 0.2) is 0 Å². The Balaban J connectivity index is 2.01. The van der Waals surface area contributed by atoms with Crippen LogP contribution in [-0.2, 0) is 9.53 Å². The van der Waals surface area contributed by atoms with E-state index < -0.39 is 0 Å². The number of anilines is 2. The van der Waals surface area contributed by atoms with Crippen molar-refractivity contribution in [3.63, 3.8) is 0 Å². The quantitative estimate of drug-likeness (QED) is 0.812. The molecule has 0 saturated carbocycles. The number of amides is 1. The maximum atomic E-state index is 12.0. The summed E-state index contributed by atoms with van der Waals surface area (Å²) in [7, 11) is 1.74. The number of ether oxygens (including phenoxy) is 1. The molecule has 1 aromatic carbocycles. The first-order valence-corrected chi connectivity index (χ1v) is 7.36. The largest absolute Gasteiger partial charge is 0.385 e. The fourth-order valence-corrected chi connectivity index (χ4v) is 2.56. The highest BCUT2D eigenvalue weighted by Gasteiger charge is 2.23. The van der Waals surface area contributed by atoms with Gasteiger partial charge in [-0.05, 0) is 31.4 Å². The van der Waals surface area contributed by atoms with Gasteiger partial charge < -0.3 is 15.0 Å². The van der Waals surface area contributed by atoms with Crippen LogP contribution in [0.3, 0.4) is 0 Å². The molecule has 1 heterocycles. The number of methoxy groups -OCH3 is 1. The summed E-state index contributed by atoms with van der Waals surface area (Å²) >= 11 is 0. The maximum Gasteiger partial charge on any atom is 0.229 e. The van der Waals surface area contributed by atoms with Crippen molar-refractivity contribution < 1.29 is 9.53 Å². The number of hydrogen-bond donors (Lipinski definition) is 1. The molecule has 1 N–H and O–H groups in total. The Morgan fingerprint density at radius 3 is 2.90 bits per heavy atom. The van der Waals surface area contributed by atoms with Gasteiger partial charge in [-0.15, -0.1) is 0 Å². The normalized spacial score (nSPS) is 18.4. The van der Waals surface area contributed by atoms with Crippen LogP contribution in [0.2, 0.25) is 0 Å². The average molecular weight is 276 g/mol. The van der Waals surface area contributed by atoms with E-state index in [1.54, 1.807) is 7.11 Å². The van der Waals surface area contributed by atoms with Gasteiger partial charge in [0, 0.05) is 26.8 Å². The van der Waals surface area contributed by atoms with Gasteiger partial charge in [-0.2, -0.15) is 0 Å². The third kappa shape index (κ3) is 3.73. The molecule has 4 nitrogen and oxygen atoms in total. The molecule has 0 spiro atoms. The minimum Gasteiger partial charge on any atom is -0.385 e. The standard InChI is InChI=1S/C16H24N2O2/c1-13-12-18(10-6-3-7-11-20-2)15-9-5-4-8-14(15)17-16(13)19/h4-5,8-9,13H,3,6-7,10-12H2,1-2H3,(H,17,19)/t13-/m1/s1. The fourth-order valence-electron chi connectivity index (χ4n) is 2.56. The van der Waals surface area contributed by atoms with Gasteiger partial charge in [-0.3, -0.25) is 4.79 Å². The molecule has 0 fully saturated rings. The molecule has 0 saturated heterocycles. The molecule has 1 atom stereocenters. The minimum absolute atomic E-state index is 0.0152. The highest BCUT2D eigenvalue weighted by molar-refractivity contribution is 5.97. The Labute approximate surface area is 121 Å². The molecule has 1 amide bonds. The lowest BCUT2D eigenvalue weighted by molar-refractivity contribution is -0.119. The average Bonchev–Trinajstić information content (AvgIpc) is 2.57. The third-order valence-electron chi connectivity index (χ3n) is 3.72. The second-order valence-corrected chi connectivity index (χ2v) is 5.41. The number of benzene rings is 1. The second-order valence-electron chi connectivity index (χ2n) is 5.41. The zero-order chi connectivity index (χ0) is 14.4. The van der Waals surface area contributed by atoms with E-state index >= 15 is 0 Å². The van der Waals surface area contributed by atoms with E-state index in [9.17, 15) is 4.79 Å². The highest BCUT2D eigenvalue weighted by atomic mass is 16.5. The lowest BCUT2D eigenvalue weighted by atomic mass is 10.1. The van der Waals surface area contributed by atoms with Crippen LogP contribution in [0.25, 0.3) is 0 Å². The number of carbonyl (C=O) groups is 1. The summed E-state index contributed by atoms with van der Waals surface area (Å²) in [6.45, 7) is 4.58. The van der Waals surface area contributed by atoms with E-state index in [0.717, 1.165) is 50.3 Å². The Morgan fingerprint density at radius 1 is 1.30 bits per heavy atom. The van der Waals surface area contributed by atoms with Gasteiger partial charge in [0.1, 0.15) is 0 Å². The molecule has 20 heavy (non-hydrogen) atoms. The van der Waals surface area contributed by atoms with Crippen LogP contribution in [0.5, 0.6) is 0 Å². The molecule has 0 aromatic heterocycles. The smallest absolute Gasteiger partial charge is 0.229 e. The first-order chi connectivity index (χ1) is 9.72. The molecule has 1 aliphatic rings. The summed E-state index contributed by atoms with van der Waals surface area (Å²) in [4.78, 5) is 14.3. The van der Waals surface area contributed by atoms with E-state index in [-0.39, 0.29) is 11.8 Å². The van der Waals surface area contributed by atoms with Gasteiger partial charge >= 0.3 is 0 Å². The van der Waals surface area contributed by atoms with E-state index in [1.807, 2.05) is 25.1 Å². The highest BCUT2D eigenvalue weighted by Crippen LogP contribution is 2.29. The molecule has 0 aliphatic carbocycles. The van der Waals surface area contributed by atoms with Crippen molar-refractivity contribution in [3.05, 3.63) is 24.3 Å². The maximum absolute atomic E-state index is 12.0. The topological polar surface area (TPSA) is 41.6 Å². The summed E-state index contributed by atoms with van der Waals surface area (Å²) in [5, 5.41) is 3.01. The first-order valence-electron chi connectivity index (χ1n) is 7.36. The number of fused-ring (bicyclic) bond motifs is 1. The van der Waals surface area contributed by atoms with Crippen LogP contribution in [-0.4, -0.2) is 32.7 Å². The Hall–Kier alpha value is -1.55. The monoisotopic (exact) mass is 276 g/mol. The van der Waals surface area contributed by atoms with Crippen molar-refractivity contribution in [3.8, 4) is 0 Å². The number of carbonyl (C=O) groups excluding carboxylic acids is 1. The van der Waals surface area contributed by atoms with Gasteiger partial charge in [0.05, 0.1) is 17.3 Å². The lowest BCUT2D eigenvalue weighted by Gasteiger charge is -2.25. The van der Waals surface area contributed by atoms with Crippen LogP contribution in [0.15, 0.2) is 24.3 Å². The third-order valence-corrected chi connectivity index (χ3v) is 3.72. The number of hydrogen-bond acceptors (Lipinski definition) is 3. The van der Waals surface area contributed by atoms with Crippen molar-refractivity contribution in [2.24, 2.45) is 5.92 Å². The van der Waals surface area contributed by atoms with Crippen molar-refractivity contribution >= 4 is 17.3 Å². The lowest BCUT2D eigenvalue weighted by Crippen LogP contribution is -2.31. The molecule has 0 bridgehead atoms. The van der Waals surface area contributed by atoms with E-state index in [1.165, 1.54) is 0 Å². The molecule has 0 radical (unpaired) electrons. The van der Waals surface area contributed by atoms with Gasteiger partial charge in [0.2, 0.25) is 5.91 Å². The van der Waals surface area contributed by atoms with Crippen LogP contribution < -0.4 is 10.2 Å². The molecule has 110 valence electrons. The van der Waals surface area contributed by atoms with Crippen molar-refractivity contribution in [1.82, 2.24) is 0 Å². The summed E-state index contributed by atoms with van der Waals surface area (Å²) in [6, 6.07) is 8.05. The zero-order valence-corrected chi connectivity index (χ0v) is 12.4. The van der Waals surface area contributed by atoms with Crippen LogP contribution in [0.4, 0.5) is 11.4 Å². The number of unbranched alkanes of at least 4 members (excludes halogenated alkanes) is 2. The first kappa shape index (κ1) is 14.9. The SMILES string of the molecule is COCCCCCN1C[C@@H](C)C(=O)Nc2ccccc21. The number of para-hydroxylation sites is 2. The molecule has 1 aliphatic heterocycles. The van der Waals surface area contributed by atoms with Gasteiger partial charge in [0.25, 0.3) is 0 Å². The van der Waals surface area contributed by atoms with Crippen LogP contribution >= 0.6 is 0 Å². The predicted octanol–water partition coefficient (Wildman–Crippen LogP) is 2.90. The summed E-state index contributed by atoms with van der Waals surface area (Å²) in [6.07, 6.45) is 3.37. The molecule has 4 heteroatoms. The summed E-state index contributed by atoms with van der Waals surface area (Å²) < 4.78 is 5.07. The molecular formula is C16H24N2O2. The van der Waals surface area contributed by atoms with E-state index in [4.69, 9.17) is 4.74 Å². The number of nitrogens with zero attached hydrogens (tertiary/aromatic N) is 1. The predicted molar refractivity (Wildman–Crippen MR) is 82.2 cm³/mol. The molecule has 1 aromatic rings. The Kier molecular flexibility index (Phi) is 5.41. The van der Waals surface area contributed by atoms with E-state index in [2.05, 4.69) is 16.3 Å². The van der Waals surface area contributed by atoms with Crippen molar-refractivity contribution in [2.45, 2.75) is 26.2 Å². The fraction of sp³-hybridized carbons (Fsp3) is 0.562. The number of nitrogens with one attached hydrogen (secondary N) is 1. The van der Waals surface area contributed by atoms with Crippen LogP contribution in [0, 0.1) is 5.92 Å². The molecular weight excluding hydrogens is 252 g/mol. The minimum atomic E-state index is 0.0152. The van der Waals surface area contributed by atoms with Crippen molar-refractivity contribution in [2.75, 3.05) is 37.0 Å². The van der Waals surface area contributed by atoms with Gasteiger partial charge in [-0.25, -0.2) is 0 Å². The molecule has 0 unspecified atom stereocenters. The van der Waals surface area contributed by atoms with Crippen LogP contribution in [0.1, 0.15) is 26.2 Å². The summed E-state index contributed by atoms with van der Waals surface area (Å²) in [5.41, 5.74) is 2.07. The van der Waals surface area contributed by atoms with E-state index in [0.29, 0.717) is 0 Å².